The molecule has 0 saturated carbocycles. The van der Waals surface area contributed by atoms with Crippen LogP contribution in [0.2, 0.25) is 0 Å². The monoisotopic (exact) mass is 307 g/mol. The Labute approximate surface area is 123 Å². The van der Waals surface area contributed by atoms with Gasteiger partial charge in [-0.05, 0) is 23.2 Å². The summed E-state index contributed by atoms with van der Waals surface area (Å²) in [4.78, 5) is 23.0. The van der Waals surface area contributed by atoms with E-state index in [1.165, 1.54) is 0 Å². The Morgan fingerprint density at radius 1 is 0.955 bits per heavy atom. The Bertz CT molecular complexity index is 735. The first-order valence-corrected chi connectivity index (χ1v) is 6.92. The van der Waals surface area contributed by atoms with E-state index in [9.17, 15) is 20.2 Å². The van der Waals surface area contributed by atoms with Gasteiger partial charge in [-0.1, -0.05) is 12.8 Å². The Morgan fingerprint density at radius 3 is 2.14 bits per heavy atom. The van der Waals surface area contributed by atoms with Crippen molar-refractivity contribution in [3.05, 3.63) is 26.3 Å². The smallest absolute Gasteiger partial charge is 0.307 e. The summed E-state index contributed by atoms with van der Waals surface area (Å²) in [6.07, 6.45) is 3.91. The van der Waals surface area contributed by atoms with Crippen molar-refractivity contribution >= 4 is 28.1 Å². The number of fused-ring (bicyclic) bond motifs is 1. The first-order chi connectivity index (χ1) is 10.6. The van der Waals surface area contributed by atoms with Crippen LogP contribution >= 0.6 is 0 Å². The van der Waals surface area contributed by atoms with E-state index in [-0.39, 0.29) is 22.4 Å². The van der Waals surface area contributed by atoms with Gasteiger partial charge in [0.2, 0.25) is 5.52 Å². The molecule has 1 saturated heterocycles. The largest absolute Gasteiger partial charge is 0.364 e. The molecule has 0 amide bonds. The zero-order valence-corrected chi connectivity index (χ0v) is 11.6. The highest BCUT2D eigenvalue weighted by molar-refractivity contribution is 5.99. The maximum Gasteiger partial charge on any atom is 0.307 e. The summed E-state index contributed by atoms with van der Waals surface area (Å²) in [7, 11) is 0. The summed E-state index contributed by atoms with van der Waals surface area (Å²) in [6, 6.07) is 0.937. The van der Waals surface area contributed by atoms with Crippen LogP contribution in [0.4, 0.5) is 17.1 Å². The zero-order valence-electron chi connectivity index (χ0n) is 11.6. The molecule has 116 valence electrons. The molecule has 0 spiro atoms. The fourth-order valence-electron chi connectivity index (χ4n) is 2.78. The van der Waals surface area contributed by atoms with E-state index >= 15 is 0 Å². The van der Waals surface area contributed by atoms with Crippen LogP contribution in [0.5, 0.6) is 0 Å². The number of aromatic nitrogens is 2. The molecule has 10 nitrogen and oxygen atoms in total. The van der Waals surface area contributed by atoms with Gasteiger partial charge in [-0.3, -0.25) is 20.2 Å². The predicted octanol–water partition coefficient (Wildman–Crippen LogP) is 2.42. The van der Waals surface area contributed by atoms with Crippen molar-refractivity contribution in [2.75, 3.05) is 18.0 Å². The van der Waals surface area contributed by atoms with Gasteiger partial charge in [0.1, 0.15) is 5.69 Å². The van der Waals surface area contributed by atoms with Gasteiger partial charge in [-0.25, -0.2) is 4.63 Å². The number of rotatable bonds is 3. The van der Waals surface area contributed by atoms with Crippen molar-refractivity contribution in [3.8, 4) is 0 Å². The third kappa shape index (κ3) is 2.32. The van der Waals surface area contributed by atoms with Gasteiger partial charge in [-0.2, -0.15) is 0 Å². The second-order valence-electron chi connectivity index (χ2n) is 5.14. The Hall–Kier alpha value is -2.78. The van der Waals surface area contributed by atoms with Crippen molar-refractivity contribution in [1.29, 1.82) is 0 Å². The van der Waals surface area contributed by atoms with Gasteiger partial charge in [0.15, 0.2) is 5.52 Å². The number of anilines is 1. The second kappa shape index (κ2) is 5.54. The molecule has 0 unspecified atom stereocenters. The third-order valence-electron chi connectivity index (χ3n) is 3.79. The fraction of sp³-hybridized carbons (Fsp3) is 0.500. The zero-order chi connectivity index (χ0) is 15.7. The molecule has 1 aromatic heterocycles. The Kier molecular flexibility index (Phi) is 3.57. The molecular weight excluding hydrogens is 294 g/mol. The summed E-state index contributed by atoms with van der Waals surface area (Å²) in [6.45, 7) is 1.28. The van der Waals surface area contributed by atoms with E-state index in [4.69, 9.17) is 0 Å². The van der Waals surface area contributed by atoms with Gasteiger partial charge >= 0.3 is 11.4 Å². The molecule has 3 rings (SSSR count). The maximum absolute atomic E-state index is 11.4. The number of nitro benzene ring substituents is 2. The van der Waals surface area contributed by atoms with Crippen LogP contribution in [-0.4, -0.2) is 33.2 Å². The van der Waals surface area contributed by atoms with Crippen molar-refractivity contribution in [1.82, 2.24) is 10.3 Å². The normalized spacial score (nSPS) is 15.7. The van der Waals surface area contributed by atoms with Crippen LogP contribution in [-0.2, 0) is 0 Å². The van der Waals surface area contributed by atoms with E-state index in [0.717, 1.165) is 31.7 Å². The first-order valence-electron chi connectivity index (χ1n) is 6.92. The van der Waals surface area contributed by atoms with Gasteiger partial charge in [0, 0.05) is 13.1 Å². The van der Waals surface area contributed by atoms with E-state index < -0.39 is 15.5 Å². The highest BCUT2D eigenvalue weighted by Gasteiger charge is 2.32. The third-order valence-corrected chi connectivity index (χ3v) is 3.79. The summed E-state index contributed by atoms with van der Waals surface area (Å²) in [5.41, 5.74) is -0.537. The van der Waals surface area contributed by atoms with Crippen LogP contribution in [0.25, 0.3) is 11.0 Å². The standard InChI is InChI=1S/C12H13N5O5/c18-16(19)8-7-9(17(20)21)12(11-10(8)13-22-14-11)15-5-3-1-2-4-6-15/h7H,1-6H2. The topological polar surface area (TPSA) is 128 Å². The fourth-order valence-corrected chi connectivity index (χ4v) is 2.78. The molecular formula is C12H13N5O5. The number of benzene rings is 1. The predicted molar refractivity (Wildman–Crippen MR) is 75.8 cm³/mol. The lowest BCUT2D eigenvalue weighted by molar-refractivity contribution is -0.392. The molecule has 1 aliphatic rings. The van der Waals surface area contributed by atoms with Crippen molar-refractivity contribution < 1.29 is 14.5 Å². The van der Waals surface area contributed by atoms with Gasteiger partial charge in [0.25, 0.3) is 0 Å². The SMILES string of the molecule is O=[N+]([O-])c1cc([N+](=O)[O-])c2nonc2c1N1CCCCCC1. The number of nitrogens with zero attached hydrogens (tertiary/aromatic N) is 5. The molecule has 1 fully saturated rings. The van der Waals surface area contributed by atoms with Crippen LogP contribution in [0.15, 0.2) is 10.7 Å². The minimum atomic E-state index is -0.717. The molecule has 10 heteroatoms. The molecule has 0 atom stereocenters. The summed E-state index contributed by atoms with van der Waals surface area (Å²) >= 11 is 0. The van der Waals surface area contributed by atoms with Gasteiger partial charge < -0.3 is 4.90 Å². The molecule has 22 heavy (non-hydrogen) atoms. The summed E-state index contributed by atoms with van der Waals surface area (Å²) in [5, 5.41) is 29.7. The van der Waals surface area contributed by atoms with Crippen LogP contribution in [0, 0.1) is 20.2 Å². The van der Waals surface area contributed by atoms with E-state index in [1.54, 1.807) is 0 Å². The van der Waals surface area contributed by atoms with Crippen molar-refractivity contribution in [2.45, 2.75) is 25.7 Å². The van der Waals surface area contributed by atoms with Crippen molar-refractivity contribution in [2.24, 2.45) is 0 Å². The number of non-ortho nitro benzene ring substituents is 1. The average molecular weight is 307 g/mol. The summed E-state index contributed by atoms with van der Waals surface area (Å²) < 4.78 is 4.60. The van der Waals surface area contributed by atoms with E-state index in [2.05, 4.69) is 14.9 Å². The number of nitro groups is 2. The minimum absolute atomic E-state index is 0.0603. The molecule has 0 radical (unpaired) electrons. The summed E-state index contributed by atoms with van der Waals surface area (Å²) in [5.74, 6) is 0. The lowest BCUT2D eigenvalue weighted by Crippen LogP contribution is -2.25. The number of hydrogen-bond donors (Lipinski definition) is 0. The molecule has 2 aromatic rings. The van der Waals surface area contributed by atoms with E-state index in [1.807, 2.05) is 4.90 Å². The highest BCUT2D eigenvalue weighted by atomic mass is 16.6. The second-order valence-corrected chi connectivity index (χ2v) is 5.14. The van der Waals surface area contributed by atoms with Gasteiger partial charge in [-0.15, -0.1) is 0 Å². The first kappa shape index (κ1) is 14.2. The molecule has 0 bridgehead atoms. The molecule has 1 aromatic carbocycles. The lowest BCUT2D eigenvalue weighted by Gasteiger charge is -2.21. The number of hydrogen-bond acceptors (Lipinski definition) is 8. The van der Waals surface area contributed by atoms with Gasteiger partial charge in [0.05, 0.1) is 15.9 Å². The van der Waals surface area contributed by atoms with E-state index in [0.29, 0.717) is 13.1 Å². The van der Waals surface area contributed by atoms with Crippen LogP contribution < -0.4 is 4.90 Å². The Balaban J connectivity index is 2.24. The van der Waals surface area contributed by atoms with Crippen LogP contribution in [0.3, 0.4) is 0 Å². The quantitative estimate of drug-likeness (QED) is 0.624. The molecule has 0 aliphatic carbocycles. The molecule has 0 N–H and O–H groups in total. The highest BCUT2D eigenvalue weighted by Crippen LogP contribution is 2.40. The minimum Gasteiger partial charge on any atom is -0.364 e. The average Bonchev–Trinajstić information content (AvgIpc) is 2.80. The van der Waals surface area contributed by atoms with Crippen molar-refractivity contribution in [3.63, 3.8) is 0 Å². The van der Waals surface area contributed by atoms with Crippen LogP contribution in [0.1, 0.15) is 25.7 Å². The molecule has 1 aliphatic heterocycles. The molecule has 2 heterocycles. The Morgan fingerprint density at radius 2 is 1.55 bits per heavy atom. The maximum atomic E-state index is 11.4. The lowest BCUT2D eigenvalue weighted by atomic mass is 10.1.